The van der Waals surface area contributed by atoms with Gasteiger partial charge in [0.05, 0.1) is 25.1 Å². The van der Waals surface area contributed by atoms with E-state index in [-0.39, 0.29) is 30.3 Å². The minimum Gasteiger partial charge on any atom is -0.494 e. The van der Waals surface area contributed by atoms with E-state index in [0.29, 0.717) is 23.8 Å². The van der Waals surface area contributed by atoms with Gasteiger partial charge in [0.1, 0.15) is 11.3 Å². The van der Waals surface area contributed by atoms with Crippen LogP contribution >= 0.6 is 11.6 Å². The summed E-state index contributed by atoms with van der Waals surface area (Å²) in [6.45, 7) is 2.32. The van der Waals surface area contributed by atoms with E-state index in [4.69, 9.17) is 21.1 Å². The van der Waals surface area contributed by atoms with Crippen LogP contribution in [0.3, 0.4) is 0 Å². The Morgan fingerprint density at radius 1 is 1.10 bits per heavy atom. The van der Waals surface area contributed by atoms with Crippen molar-refractivity contribution in [2.75, 3.05) is 18.5 Å². The Morgan fingerprint density at radius 3 is 2.53 bits per heavy atom. The highest BCUT2D eigenvalue weighted by atomic mass is 35.5. The first-order valence-electron chi connectivity index (χ1n) is 9.57. The first kappa shape index (κ1) is 21.4. The van der Waals surface area contributed by atoms with Gasteiger partial charge in [-0.3, -0.25) is 4.79 Å². The highest BCUT2D eigenvalue weighted by molar-refractivity contribution is 6.30. The van der Waals surface area contributed by atoms with E-state index < -0.39 is 5.97 Å². The van der Waals surface area contributed by atoms with Crippen LogP contribution in [0.2, 0.25) is 5.02 Å². The summed E-state index contributed by atoms with van der Waals surface area (Å²) >= 11 is 5.85. The summed E-state index contributed by atoms with van der Waals surface area (Å²) in [5.74, 6) is 0.175. The lowest BCUT2D eigenvalue weighted by Crippen LogP contribution is -2.18. The summed E-state index contributed by atoms with van der Waals surface area (Å²) in [5.41, 5.74) is 0.917. The van der Waals surface area contributed by atoms with Crippen LogP contribution in [0.25, 0.3) is 5.69 Å². The van der Waals surface area contributed by atoms with Gasteiger partial charge in [-0.15, -0.1) is 0 Å². The fourth-order valence-corrected chi connectivity index (χ4v) is 2.87. The number of esters is 1. The molecule has 0 fully saturated rings. The van der Waals surface area contributed by atoms with Crippen molar-refractivity contribution >= 4 is 29.3 Å². The lowest BCUT2D eigenvalue weighted by Gasteiger charge is -2.11. The summed E-state index contributed by atoms with van der Waals surface area (Å²) in [4.78, 5) is 24.8. The van der Waals surface area contributed by atoms with Gasteiger partial charge in [-0.1, -0.05) is 29.8 Å². The van der Waals surface area contributed by atoms with Crippen LogP contribution < -0.4 is 10.1 Å². The molecular weight excluding hydrogens is 406 g/mol. The van der Waals surface area contributed by atoms with Crippen LogP contribution in [0.4, 0.5) is 5.82 Å². The molecule has 1 heterocycles. The summed E-state index contributed by atoms with van der Waals surface area (Å²) in [5, 5.41) is 7.68. The molecule has 3 aromatic rings. The SMILES string of the molecule is CCOC(=O)c1cnn(-c2ccccc2)c1NC(=O)CCCOc1ccc(Cl)cc1. The van der Waals surface area contributed by atoms with E-state index in [9.17, 15) is 9.59 Å². The molecule has 0 saturated carbocycles. The standard InChI is InChI=1S/C22H22ClN3O4/c1-2-29-22(28)19-15-24-26(17-7-4-3-5-8-17)21(19)25-20(27)9-6-14-30-18-12-10-16(23)11-13-18/h3-5,7-8,10-13,15H,2,6,9,14H2,1H3,(H,25,27). The summed E-state index contributed by atoms with van der Waals surface area (Å²) in [6, 6.07) is 16.3. The summed E-state index contributed by atoms with van der Waals surface area (Å²) < 4.78 is 12.2. The zero-order valence-corrected chi connectivity index (χ0v) is 17.3. The fourth-order valence-electron chi connectivity index (χ4n) is 2.74. The van der Waals surface area contributed by atoms with Crippen molar-refractivity contribution < 1.29 is 19.1 Å². The molecule has 8 heteroatoms. The molecule has 3 rings (SSSR count). The largest absolute Gasteiger partial charge is 0.494 e. The molecule has 0 atom stereocenters. The van der Waals surface area contributed by atoms with Gasteiger partial charge >= 0.3 is 5.97 Å². The van der Waals surface area contributed by atoms with Crippen LogP contribution in [0, 0.1) is 0 Å². The third kappa shape index (κ3) is 5.61. The lowest BCUT2D eigenvalue weighted by atomic mass is 10.2. The highest BCUT2D eigenvalue weighted by Gasteiger charge is 2.21. The Labute approximate surface area is 179 Å². The molecule has 0 bridgehead atoms. The smallest absolute Gasteiger partial charge is 0.343 e. The molecule has 0 radical (unpaired) electrons. The van der Waals surface area contributed by atoms with Gasteiger partial charge in [-0.25, -0.2) is 9.48 Å². The monoisotopic (exact) mass is 427 g/mol. The molecule has 7 nitrogen and oxygen atoms in total. The van der Waals surface area contributed by atoms with Crippen LogP contribution in [-0.2, 0) is 9.53 Å². The molecular formula is C22H22ClN3O4. The number of carbonyl (C=O) groups excluding carboxylic acids is 2. The van der Waals surface area contributed by atoms with Gasteiger partial charge in [0, 0.05) is 11.4 Å². The van der Waals surface area contributed by atoms with Gasteiger partial charge in [0.25, 0.3) is 0 Å². The molecule has 0 saturated heterocycles. The van der Waals surface area contributed by atoms with Crippen LogP contribution in [0.15, 0.2) is 60.8 Å². The number of para-hydroxylation sites is 1. The maximum Gasteiger partial charge on any atom is 0.343 e. The Bertz CT molecular complexity index is 987. The number of rotatable bonds is 9. The maximum absolute atomic E-state index is 12.5. The van der Waals surface area contributed by atoms with Crippen molar-refractivity contribution in [2.45, 2.75) is 19.8 Å². The molecule has 1 aromatic heterocycles. The molecule has 2 aromatic carbocycles. The van der Waals surface area contributed by atoms with E-state index in [0.717, 1.165) is 5.69 Å². The Kier molecular flexibility index (Phi) is 7.45. The average molecular weight is 428 g/mol. The molecule has 0 aliphatic rings. The molecule has 1 amide bonds. The minimum atomic E-state index is -0.541. The first-order valence-corrected chi connectivity index (χ1v) is 9.95. The van der Waals surface area contributed by atoms with Crippen molar-refractivity contribution in [1.82, 2.24) is 9.78 Å². The van der Waals surface area contributed by atoms with E-state index in [1.807, 2.05) is 30.3 Å². The van der Waals surface area contributed by atoms with E-state index in [2.05, 4.69) is 10.4 Å². The Balaban J connectivity index is 1.64. The van der Waals surface area contributed by atoms with Gasteiger partial charge < -0.3 is 14.8 Å². The summed E-state index contributed by atoms with van der Waals surface area (Å²) in [6.07, 6.45) is 2.11. The first-order chi connectivity index (χ1) is 14.6. The highest BCUT2D eigenvalue weighted by Crippen LogP contribution is 2.22. The number of carbonyl (C=O) groups is 2. The molecule has 156 valence electrons. The second kappa shape index (κ2) is 10.5. The van der Waals surface area contributed by atoms with Crippen molar-refractivity contribution in [3.05, 3.63) is 71.4 Å². The van der Waals surface area contributed by atoms with Crippen LogP contribution in [0.1, 0.15) is 30.1 Å². The molecule has 0 unspecified atom stereocenters. The minimum absolute atomic E-state index is 0.200. The Morgan fingerprint density at radius 2 is 1.83 bits per heavy atom. The predicted molar refractivity (Wildman–Crippen MR) is 114 cm³/mol. The number of hydrogen-bond acceptors (Lipinski definition) is 5. The average Bonchev–Trinajstić information content (AvgIpc) is 3.17. The number of halogens is 1. The predicted octanol–water partition coefficient (Wildman–Crippen LogP) is 4.50. The normalized spacial score (nSPS) is 10.5. The van der Waals surface area contributed by atoms with E-state index >= 15 is 0 Å². The molecule has 30 heavy (non-hydrogen) atoms. The van der Waals surface area contributed by atoms with Gasteiger partial charge in [0.15, 0.2) is 5.82 Å². The zero-order chi connectivity index (χ0) is 21.3. The number of aromatic nitrogens is 2. The quantitative estimate of drug-likeness (QED) is 0.401. The maximum atomic E-state index is 12.5. The second-order valence-electron chi connectivity index (χ2n) is 6.33. The lowest BCUT2D eigenvalue weighted by molar-refractivity contribution is -0.116. The van der Waals surface area contributed by atoms with Gasteiger partial charge in [-0.05, 0) is 49.7 Å². The van der Waals surface area contributed by atoms with E-state index in [1.54, 1.807) is 31.2 Å². The fraction of sp³-hybridized carbons (Fsp3) is 0.227. The number of ether oxygens (including phenoxy) is 2. The number of hydrogen-bond donors (Lipinski definition) is 1. The molecule has 1 N–H and O–H groups in total. The van der Waals surface area contributed by atoms with Gasteiger partial charge in [-0.2, -0.15) is 5.10 Å². The van der Waals surface area contributed by atoms with Gasteiger partial charge in [0.2, 0.25) is 5.91 Å². The number of nitrogens with zero attached hydrogens (tertiary/aromatic N) is 2. The van der Waals surface area contributed by atoms with Crippen molar-refractivity contribution in [3.8, 4) is 11.4 Å². The number of amides is 1. The number of anilines is 1. The van der Waals surface area contributed by atoms with Crippen LogP contribution in [-0.4, -0.2) is 34.9 Å². The molecule has 0 spiro atoms. The van der Waals surface area contributed by atoms with Crippen molar-refractivity contribution in [3.63, 3.8) is 0 Å². The molecule has 0 aliphatic heterocycles. The zero-order valence-electron chi connectivity index (χ0n) is 16.5. The van der Waals surface area contributed by atoms with Crippen molar-refractivity contribution in [1.29, 1.82) is 0 Å². The number of nitrogens with one attached hydrogen (secondary N) is 1. The van der Waals surface area contributed by atoms with Crippen LogP contribution in [0.5, 0.6) is 5.75 Å². The third-order valence-electron chi connectivity index (χ3n) is 4.15. The number of benzene rings is 2. The summed E-state index contributed by atoms with van der Waals surface area (Å²) in [7, 11) is 0. The van der Waals surface area contributed by atoms with Crippen molar-refractivity contribution in [2.24, 2.45) is 0 Å². The Hall–Kier alpha value is -3.32. The molecule has 0 aliphatic carbocycles. The topological polar surface area (TPSA) is 82.5 Å². The van der Waals surface area contributed by atoms with E-state index in [1.165, 1.54) is 10.9 Å². The second-order valence-corrected chi connectivity index (χ2v) is 6.77. The third-order valence-corrected chi connectivity index (χ3v) is 4.41.